The summed E-state index contributed by atoms with van der Waals surface area (Å²) in [5.41, 5.74) is 0. The van der Waals surface area contributed by atoms with E-state index in [0.717, 1.165) is 10.4 Å². The molecule has 0 aromatic heterocycles. The Hall–Kier alpha value is -3.01. The maximum absolute atomic E-state index is 12.0. The molecular weight excluding hydrogens is 480 g/mol. The second-order valence-electron chi connectivity index (χ2n) is 9.77. The molecule has 194 valence electrons. The number of benzene rings is 2. The first-order chi connectivity index (χ1) is 17.0. The van der Waals surface area contributed by atoms with Crippen LogP contribution in [0, 0.1) is 0 Å². The quantitative estimate of drug-likeness (QED) is 0.301. The van der Waals surface area contributed by atoms with Crippen molar-refractivity contribution in [2.75, 3.05) is 6.61 Å². The SMILES string of the molecule is CC(=O)OC1O[C@H](CO[Si](c2ccccc2)(c2ccccc2)C(C)(C)C)[C@@H](OC(C)=O)[C@H]1OC(C)=O. The van der Waals surface area contributed by atoms with Gasteiger partial charge in [0, 0.05) is 20.8 Å². The molecule has 0 saturated carbocycles. The molecule has 1 aliphatic heterocycles. The van der Waals surface area contributed by atoms with E-state index in [4.69, 9.17) is 23.4 Å². The van der Waals surface area contributed by atoms with Gasteiger partial charge in [-0.15, -0.1) is 0 Å². The average molecular weight is 515 g/mol. The smallest absolute Gasteiger partial charge is 0.305 e. The van der Waals surface area contributed by atoms with E-state index >= 15 is 0 Å². The molecule has 0 spiro atoms. The van der Waals surface area contributed by atoms with E-state index in [1.54, 1.807) is 0 Å². The Morgan fingerprint density at radius 2 is 1.19 bits per heavy atom. The van der Waals surface area contributed by atoms with Crippen molar-refractivity contribution in [3.05, 3.63) is 60.7 Å². The zero-order valence-electron chi connectivity index (χ0n) is 21.6. The fourth-order valence-corrected chi connectivity index (χ4v) is 9.27. The highest BCUT2D eigenvalue weighted by atomic mass is 28.4. The molecule has 1 heterocycles. The van der Waals surface area contributed by atoms with E-state index in [9.17, 15) is 14.4 Å². The first-order valence-electron chi connectivity index (χ1n) is 11.9. The molecule has 0 bridgehead atoms. The Labute approximate surface area is 213 Å². The zero-order chi connectivity index (χ0) is 26.5. The lowest BCUT2D eigenvalue weighted by molar-refractivity contribution is -0.196. The molecule has 2 aromatic carbocycles. The monoisotopic (exact) mass is 514 g/mol. The molecule has 0 N–H and O–H groups in total. The van der Waals surface area contributed by atoms with Crippen LogP contribution in [0.5, 0.6) is 0 Å². The summed E-state index contributed by atoms with van der Waals surface area (Å²) in [7, 11) is -2.93. The van der Waals surface area contributed by atoms with Gasteiger partial charge in [-0.2, -0.15) is 0 Å². The summed E-state index contributed by atoms with van der Waals surface area (Å²) in [6.45, 7) is 10.1. The van der Waals surface area contributed by atoms with Crippen molar-refractivity contribution < 1.29 is 37.8 Å². The third-order valence-corrected chi connectivity index (χ3v) is 11.0. The third kappa shape index (κ3) is 6.03. The van der Waals surface area contributed by atoms with Gasteiger partial charge in [0.1, 0.15) is 6.10 Å². The van der Waals surface area contributed by atoms with Gasteiger partial charge in [0.25, 0.3) is 8.32 Å². The van der Waals surface area contributed by atoms with Crippen molar-refractivity contribution in [2.45, 2.75) is 71.2 Å². The van der Waals surface area contributed by atoms with Gasteiger partial charge < -0.3 is 23.4 Å². The zero-order valence-corrected chi connectivity index (χ0v) is 22.6. The Morgan fingerprint density at radius 1 is 0.750 bits per heavy atom. The van der Waals surface area contributed by atoms with Gasteiger partial charge in [-0.1, -0.05) is 81.4 Å². The molecule has 0 aliphatic carbocycles. The number of hydrogen-bond acceptors (Lipinski definition) is 8. The van der Waals surface area contributed by atoms with Gasteiger partial charge in [0.15, 0.2) is 6.10 Å². The predicted molar refractivity (Wildman–Crippen MR) is 135 cm³/mol. The Balaban J connectivity index is 2.03. The molecule has 36 heavy (non-hydrogen) atoms. The number of rotatable bonds is 8. The van der Waals surface area contributed by atoms with Crippen LogP contribution in [0.15, 0.2) is 60.7 Å². The maximum Gasteiger partial charge on any atom is 0.305 e. The van der Waals surface area contributed by atoms with Crippen LogP contribution >= 0.6 is 0 Å². The van der Waals surface area contributed by atoms with Crippen molar-refractivity contribution in [2.24, 2.45) is 0 Å². The molecule has 9 heteroatoms. The standard InChI is InChI=1S/C27H34O8Si/c1-18(28)32-24-23(35-26(34-20(3)30)25(24)33-19(2)29)17-31-36(27(4,5)6,21-13-9-7-10-14-21)22-15-11-8-12-16-22/h7-16,23-26H,17H2,1-6H3/t23-,24-,25-,26?/m1/s1. The first kappa shape index (κ1) is 27.6. The number of esters is 3. The molecule has 1 saturated heterocycles. The van der Waals surface area contributed by atoms with Gasteiger partial charge in [-0.05, 0) is 15.4 Å². The van der Waals surface area contributed by atoms with Crippen molar-refractivity contribution in [1.29, 1.82) is 0 Å². The Morgan fingerprint density at radius 3 is 1.61 bits per heavy atom. The molecule has 2 aromatic rings. The summed E-state index contributed by atoms with van der Waals surface area (Å²) < 4.78 is 29.0. The number of carbonyl (C=O) groups is 3. The van der Waals surface area contributed by atoms with Gasteiger partial charge in [-0.3, -0.25) is 14.4 Å². The number of ether oxygens (including phenoxy) is 4. The normalized spacial score (nSPS) is 22.1. The molecule has 0 radical (unpaired) electrons. The molecule has 1 aliphatic rings. The van der Waals surface area contributed by atoms with Crippen LogP contribution in [0.2, 0.25) is 5.04 Å². The van der Waals surface area contributed by atoms with Crippen LogP contribution in [0.3, 0.4) is 0 Å². The fraction of sp³-hybridized carbons (Fsp3) is 0.444. The number of carbonyl (C=O) groups excluding carboxylic acids is 3. The van der Waals surface area contributed by atoms with Crippen molar-refractivity contribution in [3.63, 3.8) is 0 Å². The van der Waals surface area contributed by atoms with Crippen LogP contribution in [0.25, 0.3) is 0 Å². The van der Waals surface area contributed by atoms with E-state index in [2.05, 4.69) is 45.0 Å². The van der Waals surface area contributed by atoms with Crippen LogP contribution in [0.1, 0.15) is 41.5 Å². The average Bonchev–Trinajstić information content (AvgIpc) is 3.09. The molecule has 0 amide bonds. The third-order valence-electron chi connectivity index (χ3n) is 6.03. The van der Waals surface area contributed by atoms with Crippen LogP contribution in [0.4, 0.5) is 0 Å². The molecule has 1 fully saturated rings. The lowest BCUT2D eigenvalue weighted by atomic mass is 10.1. The maximum atomic E-state index is 12.0. The molecular formula is C27H34O8Si. The summed E-state index contributed by atoms with van der Waals surface area (Å²) in [6, 6.07) is 20.1. The lowest BCUT2D eigenvalue weighted by Crippen LogP contribution is -2.67. The van der Waals surface area contributed by atoms with Gasteiger partial charge in [0.05, 0.1) is 6.61 Å². The minimum Gasteiger partial charge on any atom is -0.455 e. The topological polar surface area (TPSA) is 97.4 Å². The van der Waals surface area contributed by atoms with Crippen LogP contribution in [-0.2, 0) is 37.8 Å². The minimum atomic E-state index is -2.93. The summed E-state index contributed by atoms with van der Waals surface area (Å²) in [6.07, 6.45) is -4.22. The highest BCUT2D eigenvalue weighted by Crippen LogP contribution is 2.38. The van der Waals surface area contributed by atoms with Crippen molar-refractivity contribution in [1.82, 2.24) is 0 Å². The van der Waals surface area contributed by atoms with E-state index in [1.807, 2.05) is 36.4 Å². The predicted octanol–water partition coefficient (Wildman–Crippen LogP) is 2.71. The molecule has 3 rings (SSSR count). The van der Waals surface area contributed by atoms with Gasteiger partial charge in [-0.25, -0.2) is 0 Å². The second-order valence-corrected chi connectivity index (χ2v) is 14.1. The summed E-state index contributed by atoms with van der Waals surface area (Å²) in [5.74, 6) is -1.82. The summed E-state index contributed by atoms with van der Waals surface area (Å²) in [4.78, 5) is 35.5. The largest absolute Gasteiger partial charge is 0.455 e. The highest BCUT2D eigenvalue weighted by Gasteiger charge is 2.54. The fourth-order valence-electron chi connectivity index (χ4n) is 4.70. The lowest BCUT2D eigenvalue weighted by Gasteiger charge is -2.43. The Kier molecular flexibility index (Phi) is 8.70. The van der Waals surface area contributed by atoms with Crippen molar-refractivity contribution in [3.8, 4) is 0 Å². The van der Waals surface area contributed by atoms with Gasteiger partial charge >= 0.3 is 17.9 Å². The molecule has 8 nitrogen and oxygen atoms in total. The number of hydrogen-bond donors (Lipinski definition) is 0. The highest BCUT2D eigenvalue weighted by molar-refractivity contribution is 6.99. The van der Waals surface area contributed by atoms with E-state index < -0.39 is 50.8 Å². The molecule has 4 atom stereocenters. The first-order valence-corrected chi connectivity index (χ1v) is 13.8. The second kappa shape index (κ2) is 11.4. The van der Waals surface area contributed by atoms with Crippen molar-refractivity contribution >= 4 is 36.6 Å². The Bertz CT molecular complexity index is 1010. The summed E-state index contributed by atoms with van der Waals surface area (Å²) >= 11 is 0. The van der Waals surface area contributed by atoms with Crippen LogP contribution < -0.4 is 10.4 Å². The van der Waals surface area contributed by atoms with Crippen LogP contribution in [-0.4, -0.2) is 57.4 Å². The minimum absolute atomic E-state index is 0.0146. The van der Waals surface area contributed by atoms with E-state index in [-0.39, 0.29) is 11.6 Å². The van der Waals surface area contributed by atoms with E-state index in [0.29, 0.717) is 0 Å². The molecule has 1 unspecified atom stereocenters. The van der Waals surface area contributed by atoms with Gasteiger partial charge in [0.2, 0.25) is 12.4 Å². The summed E-state index contributed by atoms with van der Waals surface area (Å²) in [5, 5.41) is 1.84. The van der Waals surface area contributed by atoms with E-state index in [1.165, 1.54) is 20.8 Å².